The summed E-state index contributed by atoms with van der Waals surface area (Å²) in [5.74, 6) is -0.908. The summed E-state index contributed by atoms with van der Waals surface area (Å²) in [6.45, 7) is 19.5. The number of ether oxygens (including phenoxy) is 1. The molecule has 3 N–H and O–H groups in total. The van der Waals surface area contributed by atoms with Crippen LogP contribution in [0.3, 0.4) is 0 Å². The van der Waals surface area contributed by atoms with Crippen LogP contribution in [0.25, 0.3) is 0 Å². The number of anilines is 1. The van der Waals surface area contributed by atoms with Crippen LogP contribution in [0.1, 0.15) is 110 Å². The summed E-state index contributed by atoms with van der Waals surface area (Å²) in [7, 11) is -4.39. The van der Waals surface area contributed by atoms with Crippen molar-refractivity contribution in [2.75, 3.05) is 11.9 Å². The lowest BCUT2D eigenvalue weighted by molar-refractivity contribution is -0.174. The molecule has 2 aromatic rings. The molecule has 2 aliphatic heterocycles. The zero-order chi connectivity index (χ0) is 32.7. The van der Waals surface area contributed by atoms with Crippen molar-refractivity contribution >= 4 is 21.7 Å². The summed E-state index contributed by atoms with van der Waals surface area (Å²) in [6.07, 6.45) is 4.72. The summed E-state index contributed by atoms with van der Waals surface area (Å²) in [5.41, 5.74) is -0.919. The van der Waals surface area contributed by atoms with Crippen LogP contribution in [0, 0.1) is 17.8 Å². The number of sulfonamides is 1. The number of nitrogens with one attached hydrogen (secondary N) is 3. The van der Waals surface area contributed by atoms with Crippen LogP contribution in [-0.4, -0.2) is 53.6 Å². The van der Waals surface area contributed by atoms with Crippen LogP contribution in [0.15, 0.2) is 35.4 Å². The molecule has 0 aromatic carbocycles. The second-order valence-electron chi connectivity index (χ2n) is 15.5. The van der Waals surface area contributed by atoms with Crippen molar-refractivity contribution in [2.24, 2.45) is 11.8 Å². The zero-order valence-electron chi connectivity index (χ0n) is 27.7. The standard InChI is InChI=1S/C33H50FN5O4S/c1-30(2,3)25-16-14-23(28(34)37-25)29(40)39-44(41,42)27-12-10-11-26(38-27)36-24(15-13-21-17-31(4,5)35-20-21)22-18-32(6,7)43-33(8,9)19-22/h10-12,14,16,21-22,24,35H,13,15,17-20H2,1-9H3,(H,36,38)(H,39,40)/t21-,24?/m0/s1. The molecule has 4 heterocycles. The van der Waals surface area contributed by atoms with E-state index in [1.54, 1.807) is 12.1 Å². The number of hydrogen-bond acceptors (Lipinski definition) is 8. The fourth-order valence-electron chi connectivity index (χ4n) is 6.87. The highest BCUT2D eigenvalue weighted by atomic mass is 32.2. The molecular formula is C33H50FN5O4S. The molecule has 4 rings (SSSR count). The van der Waals surface area contributed by atoms with Gasteiger partial charge in [-0.1, -0.05) is 26.8 Å². The summed E-state index contributed by atoms with van der Waals surface area (Å²) < 4.78 is 49.5. The molecule has 0 spiro atoms. The van der Waals surface area contributed by atoms with Crippen molar-refractivity contribution in [3.05, 3.63) is 47.5 Å². The van der Waals surface area contributed by atoms with E-state index < -0.39 is 32.9 Å². The van der Waals surface area contributed by atoms with E-state index in [-0.39, 0.29) is 33.7 Å². The van der Waals surface area contributed by atoms with Gasteiger partial charge in [0.2, 0.25) is 5.95 Å². The average Bonchev–Trinajstić information content (AvgIpc) is 3.22. The highest BCUT2D eigenvalue weighted by Crippen LogP contribution is 2.42. The van der Waals surface area contributed by atoms with Gasteiger partial charge in [0.25, 0.3) is 15.9 Å². The third-order valence-electron chi connectivity index (χ3n) is 8.60. The number of hydrogen-bond donors (Lipinski definition) is 3. The van der Waals surface area contributed by atoms with Gasteiger partial charge in [0.05, 0.1) is 16.8 Å². The molecule has 2 aliphatic rings. The second-order valence-corrected chi connectivity index (χ2v) is 17.2. The first-order valence-electron chi connectivity index (χ1n) is 15.6. The quantitative estimate of drug-likeness (QED) is 0.290. The number of aromatic nitrogens is 2. The maximum Gasteiger partial charge on any atom is 0.281 e. The Labute approximate surface area is 262 Å². The first kappa shape index (κ1) is 34.2. The normalized spacial score (nSPS) is 22.4. The second kappa shape index (κ2) is 12.3. The molecular weight excluding hydrogens is 581 g/mol. The van der Waals surface area contributed by atoms with Gasteiger partial charge in [0.1, 0.15) is 5.82 Å². The summed E-state index contributed by atoms with van der Waals surface area (Å²) >= 11 is 0. The van der Waals surface area contributed by atoms with Crippen LogP contribution in [0.2, 0.25) is 0 Å². The van der Waals surface area contributed by atoms with Crippen molar-refractivity contribution < 1.29 is 22.3 Å². The first-order chi connectivity index (χ1) is 20.1. The SMILES string of the molecule is CC1(C)C[C@H](CCC(Nc2cccc(S(=O)(=O)NC(=O)c3ccc(C(C)(C)C)nc3F)n2)C2CC(C)(C)OC(C)(C)C2)CN1. The molecule has 2 saturated heterocycles. The highest BCUT2D eigenvalue weighted by molar-refractivity contribution is 7.90. The molecule has 1 amide bonds. The van der Waals surface area contributed by atoms with Crippen molar-refractivity contribution in [3.8, 4) is 0 Å². The van der Waals surface area contributed by atoms with Gasteiger partial charge in [0.15, 0.2) is 5.03 Å². The molecule has 2 fully saturated rings. The third kappa shape index (κ3) is 8.75. The maximum atomic E-state index is 14.7. The fourth-order valence-corrected chi connectivity index (χ4v) is 7.80. The van der Waals surface area contributed by atoms with Gasteiger partial charge >= 0.3 is 0 Å². The van der Waals surface area contributed by atoms with Gasteiger partial charge in [-0.2, -0.15) is 12.8 Å². The summed E-state index contributed by atoms with van der Waals surface area (Å²) in [6, 6.07) is 7.45. The Morgan fingerprint density at radius 3 is 2.27 bits per heavy atom. The minimum absolute atomic E-state index is 0.0303. The molecule has 0 aliphatic carbocycles. The van der Waals surface area contributed by atoms with E-state index in [1.165, 1.54) is 18.2 Å². The molecule has 1 unspecified atom stereocenters. The van der Waals surface area contributed by atoms with E-state index in [9.17, 15) is 17.6 Å². The predicted molar refractivity (Wildman–Crippen MR) is 171 cm³/mol. The number of carbonyl (C=O) groups excluding carboxylic acids is 1. The van der Waals surface area contributed by atoms with E-state index in [0.29, 0.717) is 17.4 Å². The molecule has 0 saturated carbocycles. The molecule has 244 valence electrons. The van der Waals surface area contributed by atoms with Crippen molar-refractivity contribution in [1.29, 1.82) is 0 Å². The lowest BCUT2D eigenvalue weighted by Gasteiger charge is -2.48. The molecule has 0 bridgehead atoms. The molecule has 9 nitrogen and oxygen atoms in total. The molecule has 2 atom stereocenters. The largest absolute Gasteiger partial charge is 0.370 e. The average molecular weight is 632 g/mol. The summed E-state index contributed by atoms with van der Waals surface area (Å²) in [5, 5.41) is 6.84. The Morgan fingerprint density at radius 1 is 1.05 bits per heavy atom. The van der Waals surface area contributed by atoms with Gasteiger partial charge in [-0.3, -0.25) is 4.79 Å². The lowest BCUT2D eigenvalue weighted by Crippen LogP contribution is -2.49. The monoisotopic (exact) mass is 631 g/mol. The Balaban J connectivity index is 1.54. The fraction of sp³-hybridized carbons (Fsp3) is 0.667. The van der Waals surface area contributed by atoms with Gasteiger partial charge in [-0.15, -0.1) is 0 Å². The van der Waals surface area contributed by atoms with E-state index in [4.69, 9.17) is 4.74 Å². The molecule has 2 aromatic heterocycles. The number of nitrogens with zero attached hydrogens (tertiary/aromatic N) is 2. The van der Waals surface area contributed by atoms with Crippen molar-refractivity contribution in [2.45, 2.75) is 128 Å². The van der Waals surface area contributed by atoms with Crippen LogP contribution >= 0.6 is 0 Å². The van der Waals surface area contributed by atoms with Crippen molar-refractivity contribution in [3.63, 3.8) is 0 Å². The molecule has 0 radical (unpaired) electrons. The number of rotatable bonds is 9. The Hall–Kier alpha value is -2.63. The smallest absolute Gasteiger partial charge is 0.281 e. The Bertz CT molecular complexity index is 1450. The van der Waals surface area contributed by atoms with E-state index in [1.807, 2.05) is 25.5 Å². The van der Waals surface area contributed by atoms with Crippen LogP contribution in [-0.2, 0) is 20.2 Å². The number of pyridine rings is 2. The third-order valence-corrected chi connectivity index (χ3v) is 9.84. The van der Waals surface area contributed by atoms with Gasteiger partial charge < -0.3 is 15.4 Å². The zero-order valence-corrected chi connectivity index (χ0v) is 28.5. The number of halogens is 1. The molecule has 44 heavy (non-hydrogen) atoms. The highest BCUT2D eigenvalue weighted by Gasteiger charge is 2.42. The minimum atomic E-state index is -4.39. The van der Waals surface area contributed by atoms with Gasteiger partial charge in [0, 0.05) is 22.7 Å². The Kier molecular flexibility index (Phi) is 9.56. The van der Waals surface area contributed by atoms with Crippen LogP contribution in [0.5, 0.6) is 0 Å². The molecule has 11 heteroatoms. The van der Waals surface area contributed by atoms with Gasteiger partial charge in [-0.05, 0) is 116 Å². The Morgan fingerprint density at radius 2 is 1.70 bits per heavy atom. The number of carbonyl (C=O) groups is 1. The predicted octanol–water partition coefficient (Wildman–Crippen LogP) is 5.96. The lowest BCUT2D eigenvalue weighted by atomic mass is 9.75. The van der Waals surface area contributed by atoms with Crippen molar-refractivity contribution in [1.82, 2.24) is 20.0 Å². The summed E-state index contributed by atoms with van der Waals surface area (Å²) in [4.78, 5) is 21.1. The van der Waals surface area contributed by atoms with Gasteiger partial charge in [-0.25, -0.2) is 14.7 Å². The minimum Gasteiger partial charge on any atom is -0.370 e. The van der Waals surface area contributed by atoms with E-state index in [2.05, 4.69) is 62.1 Å². The maximum absolute atomic E-state index is 14.7. The van der Waals surface area contributed by atoms with E-state index >= 15 is 0 Å². The number of amides is 1. The topological polar surface area (TPSA) is 122 Å². The van der Waals surface area contributed by atoms with Crippen LogP contribution in [0.4, 0.5) is 10.2 Å². The van der Waals surface area contributed by atoms with Crippen LogP contribution < -0.4 is 15.4 Å². The first-order valence-corrected chi connectivity index (χ1v) is 17.1. The van der Waals surface area contributed by atoms with E-state index in [0.717, 1.165) is 38.6 Å².